The van der Waals surface area contributed by atoms with Crippen LogP contribution in [0.5, 0.6) is 0 Å². The van der Waals surface area contributed by atoms with Gasteiger partial charge in [0.1, 0.15) is 5.60 Å². The monoisotopic (exact) mass is 270 g/mol. The summed E-state index contributed by atoms with van der Waals surface area (Å²) in [7, 11) is 0. The van der Waals surface area contributed by atoms with Gasteiger partial charge >= 0.3 is 6.09 Å². The molecule has 0 aromatic carbocycles. The molecule has 0 bridgehead atoms. The second-order valence-corrected chi connectivity index (χ2v) is 6.66. The third kappa shape index (κ3) is 2.76. The number of hydrogen-bond acceptors (Lipinski definition) is 3. The van der Waals surface area contributed by atoms with Gasteiger partial charge in [0.15, 0.2) is 0 Å². The molecular weight excluding hydrogens is 248 g/mol. The number of rotatable bonds is 0. The fourth-order valence-corrected chi connectivity index (χ4v) is 3.05. The van der Waals surface area contributed by atoms with Gasteiger partial charge in [0.05, 0.1) is 4.99 Å². The first kappa shape index (κ1) is 13.6. The minimum atomic E-state index is -0.420. The molecule has 0 radical (unpaired) electrons. The van der Waals surface area contributed by atoms with Gasteiger partial charge < -0.3 is 15.0 Å². The van der Waals surface area contributed by atoms with Gasteiger partial charge in [-0.05, 0) is 40.0 Å². The molecule has 0 saturated carbocycles. The Morgan fingerprint density at radius 1 is 1.33 bits per heavy atom. The molecule has 4 nitrogen and oxygen atoms in total. The molecule has 0 unspecified atom stereocenters. The maximum atomic E-state index is 12.0. The van der Waals surface area contributed by atoms with Gasteiger partial charge in [-0.2, -0.15) is 0 Å². The van der Waals surface area contributed by atoms with Crippen LogP contribution in [-0.2, 0) is 4.74 Å². The number of carbonyl (C=O) groups is 1. The van der Waals surface area contributed by atoms with E-state index in [0.29, 0.717) is 0 Å². The number of nitrogens with one attached hydrogen (secondary N) is 1. The van der Waals surface area contributed by atoms with Crippen molar-refractivity contribution in [3.05, 3.63) is 0 Å². The van der Waals surface area contributed by atoms with Crippen molar-refractivity contribution >= 4 is 23.3 Å². The molecule has 2 fully saturated rings. The first-order valence-corrected chi connectivity index (χ1v) is 7.00. The molecule has 18 heavy (non-hydrogen) atoms. The molecule has 2 rings (SSSR count). The van der Waals surface area contributed by atoms with E-state index in [2.05, 4.69) is 5.32 Å². The fourth-order valence-electron chi connectivity index (χ4n) is 2.64. The summed E-state index contributed by atoms with van der Waals surface area (Å²) < 4.78 is 5.39. The van der Waals surface area contributed by atoms with Crippen LogP contribution in [-0.4, -0.2) is 41.2 Å². The van der Waals surface area contributed by atoms with Crippen LogP contribution < -0.4 is 5.32 Å². The fraction of sp³-hybridized carbons (Fsp3) is 0.846. The third-order valence-electron chi connectivity index (χ3n) is 3.74. The SMILES string of the molecule is CC(C)(C)OC(=O)N1CCC2(CCNC2=S)CC1. The molecule has 102 valence electrons. The Bertz CT molecular complexity index is 354. The van der Waals surface area contributed by atoms with E-state index in [9.17, 15) is 4.79 Å². The highest BCUT2D eigenvalue weighted by atomic mass is 32.1. The normalized spacial score (nSPS) is 23.1. The van der Waals surface area contributed by atoms with Crippen LogP contribution in [0.25, 0.3) is 0 Å². The second kappa shape index (κ2) is 4.68. The highest BCUT2D eigenvalue weighted by Crippen LogP contribution is 2.39. The van der Waals surface area contributed by atoms with E-state index in [1.54, 1.807) is 4.90 Å². The Morgan fingerprint density at radius 2 is 1.94 bits per heavy atom. The maximum Gasteiger partial charge on any atom is 0.410 e. The van der Waals surface area contributed by atoms with Crippen molar-refractivity contribution in [1.29, 1.82) is 0 Å². The van der Waals surface area contributed by atoms with Crippen LogP contribution >= 0.6 is 12.2 Å². The lowest BCUT2D eigenvalue weighted by molar-refractivity contribution is 0.0159. The molecule has 1 spiro atoms. The summed E-state index contributed by atoms with van der Waals surface area (Å²) in [6, 6.07) is 0. The highest BCUT2D eigenvalue weighted by Gasteiger charge is 2.42. The van der Waals surface area contributed by atoms with Gasteiger partial charge in [-0.1, -0.05) is 12.2 Å². The zero-order valence-electron chi connectivity index (χ0n) is 11.4. The van der Waals surface area contributed by atoms with Gasteiger partial charge in [0.2, 0.25) is 0 Å². The summed E-state index contributed by atoms with van der Waals surface area (Å²) in [4.78, 5) is 14.7. The van der Waals surface area contributed by atoms with Crippen molar-refractivity contribution in [2.24, 2.45) is 5.41 Å². The molecule has 5 heteroatoms. The first-order valence-electron chi connectivity index (χ1n) is 6.59. The van der Waals surface area contributed by atoms with Gasteiger partial charge in [-0.3, -0.25) is 0 Å². The predicted octanol–water partition coefficient (Wildman–Crippen LogP) is 2.32. The molecule has 0 aromatic rings. The zero-order valence-corrected chi connectivity index (χ0v) is 12.2. The van der Waals surface area contributed by atoms with E-state index < -0.39 is 5.60 Å². The smallest absolute Gasteiger partial charge is 0.410 e. The van der Waals surface area contributed by atoms with Crippen molar-refractivity contribution in [2.45, 2.75) is 45.6 Å². The molecule has 2 saturated heterocycles. The number of ether oxygens (including phenoxy) is 1. The van der Waals surface area contributed by atoms with Crippen LogP contribution in [0, 0.1) is 5.41 Å². The highest BCUT2D eigenvalue weighted by molar-refractivity contribution is 7.80. The standard InChI is InChI=1S/C13H22N2O2S/c1-12(2,3)17-11(16)15-8-5-13(6-9-15)4-7-14-10(13)18/h4-9H2,1-3H3,(H,14,18). The molecule has 1 N–H and O–H groups in total. The number of piperidine rings is 1. The minimum absolute atomic E-state index is 0.147. The lowest BCUT2D eigenvalue weighted by atomic mass is 9.78. The topological polar surface area (TPSA) is 41.6 Å². The largest absolute Gasteiger partial charge is 0.444 e. The summed E-state index contributed by atoms with van der Waals surface area (Å²) in [5.74, 6) is 0. The number of nitrogens with zero attached hydrogens (tertiary/aromatic N) is 1. The van der Waals surface area contributed by atoms with E-state index >= 15 is 0 Å². The van der Waals surface area contributed by atoms with Crippen LogP contribution in [0.3, 0.4) is 0 Å². The average Bonchev–Trinajstić information content (AvgIpc) is 2.59. The minimum Gasteiger partial charge on any atom is -0.444 e. The lowest BCUT2D eigenvalue weighted by Crippen LogP contribution is -2.47. The molecule has 0 aromatic heterocycles. The molecule has 2 heterocycles. The Balaban J connectivity index is 1.91. The van der Waals surface area contributed by atoms with Gasteiger partial charge in [0, 0.05) is 25.0 Å². The number of amides is 1. The summed E-state index contributed by atoms with van der Waals surface area (Å²) in [5.41, 5.74) is -0.274. The number of carbonyl (C=O) groups excluding carboxylic acids is 1. The molecule has 1 amide bonds. The van der Waals surface area contributed by atoms with E-state index in [0.717, 1.165) is 43.9 Å². The van der Waals surface area contributed by atoms with Gasteiger partial charge in [-0.15, -0.1) is 0 Å². The van der Waals surface area contributed by atoms with E-state index in [1.807, 2.05) is 20.8 Å². The van der Waals surface area contributed by atoms with Crippen molar-refractivity contribution in [1.82, 2.24) is 10.2 Å². The second-order valence-electron chi connectivity index (χ2n) is 6.25. The van der Waals surface area contributed by atoms with Crippen LogP contribution in [0.15, 0.2) is 0 Å². The third-order valence-corrected chi connectivity index (χ3v) is 4.32. The van der Waals surface area contributed by atoms with Gasteiger partial charge in [0.25, 0.3) is 0 Å². The molecular formula is C13H22N2O2S. The van der Waals surface area contributed by atoms with E-state index in [-0.39, 0.29) is 11.5 Å². The van der Waals surface area contributed by atoms with E-state index in [1.165, 1.54) is 0 Å². The van der Waals surface area contributed by atoms with Crippen LogP contribution in [0.4, 0.5) is 4.79 Å². The van der Waals surface area contributed by atoms with E-state index in [4.69, 9.17) is 17.0 Å². The first-order chi connectivity index (χ1) is 8.32. The molecule has 2 aliphatic rings. The molecule has 0 aliphatic carbocycles. The number of likely N-dealkylation sites (tertiary alicyclic amines) is 1. The summed E-state index contributed by atoms with van der Waals surface area (Å²) in [6.07, 6.45) is 2.82. The summed E-state index contributed by atoms with van der Waals surface area (Å²) in [6.45, 7) is 8.16. The Morgan fingerprint density at radius 3 is 2.39 bits per heavy atom. The molecule has 2 aliphatic heterocycles. The quantitative estimate of drug-likeness (QED) is 0.686. The van der Waals surface area contributed by atoms with Crippen LogP contribution in [0.2, 0.25) is 0 Å². The lowest BCUT2D eigenvalue weighted by Gasteiger charge is -2.39. The Kier molecular flexibility index (Phi) is 3.54. The summed E-state index contributed by atoms with van der Waals surface area (Å²) >= 11 is 5.40. The predicted molar refractivity (Wildman–Crippen MR) is 74.7 cm³/mol. The zero-order chi connectivity index (χ0) is 13.4. The maximum absolute atomic E-state index is 12.0. The van der Waals surface area contributed by atoms with Crippen molar-refractivity contribution in [2.75, 3.05) is 19.6 Å². The van der Waals surface area contributed by atoms with Crippen LogP contribution in [0.1, 0.15) is 40.0 Å². The van der Waals surface area contributed by atoms with Crippen molar-refractivity contribution < 1.29 is 9.53 Å². The molecule has 0 atom stereocenters. The number of thiocarbonyl (C=S) groups is 1. The number of hydrogen-bond donors (Lipinski definition) is 1. The summed E-state index contributed by atoms with van der Waals surface area (Å²) in [5, 5.41) is 3.26. The van der Waals surface area contributed by atoms with Crippen molar-refractivity contribution in [3.63, 3.8) is 0 Å². The average molecular weight is 270 g/mol. The Labute approximate surface area is 114 Å². The van der Waals surface area contributed by atoms with Gasteiger partial charge in [-0.25, -0.2) is 4.79 Å². The van der Waals surface area contributed by atoms with Crippen molar-refractivity contribution in [3.8, 4) is 0 Å². The Hall–Kier alpha value is -0.840.